The Morgan fingerprint density at radius 2 is 2.00 bits per heavy atom. The van der Waals surface area contributed by atoms with Crippen LogP contribution in [-0.2, 0) is 11.2 Å². The maximum Gasteiger partial charge on any atom is 0.359 e. The Morgan fingerprint density at radius 3 is 2.65 bits per heavy atom. The molecule has 6 nitrogen and oxygen atoms in total. The number of benzene rings is 1. The zero-order valence-corrected chi connectivity index (χ0v) is 12.9. The Balaban J connectivity index is 2.36. The first kappa shape index (κ1) is 15.0. The standard InChI is InChI=1S/C17H16N2O4/c1-3-11-10-13(20)23-16-14(11)15(17(21)22-4-2)18-19(16)12-8-6-5-7-9-12/h5-10H,3-4H2,1-2H3. The normalized spacial score (nSPS) is 10.9. The van der Waals surface area contributed by atoms with Gasteiger partial charge in [0.15, 0.2) is 5.69 Å². The van der Waals surface area contributed by atoms with E-state index in [0.29, 0.717) is 23.1 Å². The molecule has 0 saturated carbocycles. The molecule has 2 heterocycles. The minimum atomic E-state index is -0.532. The van der Waals surface area contributed by atoms with Crippen LogP contribution in [0.4, 0.5) is 0 Å². The van der Waals surface area contributed by atoms with Crippen LogP contribution in [0.3, 0.4) is 0 Å². The van der Waals surface area contributed by atoms with Gasteiger partial charge in [-0.2, -0.15) is 9.78 Å². The summed E-state index contributed by atoms with van der Waals surface area (Å²) in [6.07, 6.45) is 0.578. The van der Waals surface area contributed by atoms with E-state index in [9.17, 15) is 9.59 Å². The van der Waals surface area contributed by atoms with Gasteiger partial charge in [0.2, 0.25) is 5.71 Å². The van der Waals surface area contributed by atoms with E-state index < -0.39 is 11.6 Å². The summed E-state index contributed by atoms with van der Waals surface area (Å²) in [6, 6.07) is 10.6. The van der Waals surface area contributed by atoms with Gasteiger partial charge in [-0.05, 0) is 31.0 Å². The third-order valence-electron chi connectivity index (χ3n) is 3.50. The molecule has 0 bridgehead atoms. The van der Waals surface area contributed by atoms with Crippen molar-refractivity contribution in [2.24, 2.45) is 0 Å². The largest absolute Gasteiger partial charge is 0.461 e. The first-order chi connectivity index (χ1) is 11.2. The summed E-state index contributed by atoms with van der Waals surface area (Å²) >= 11 is 0. The fourth-order valence-corrected chi connectivity index (χ4v) is 2.49. The van der Waals surface area contributed by atoms with Gasteiger partial charge in [-0.25, -0.2) is 9.59 Å². The molecule has 0 atom stereocenters. The van der Waals surface area contributed by atoms with Gasteiger partial charge < -0.3 is 9.15 Å². The zero-order valence-electron chi connectivity index (χ0n) is 12.9. The van der Waals surface area contributed by atoms with E-state index in [2.05, 4.69) is 5.10 Å². The first-order valence-corrected chi connectivity index (χ1v) is 7.44. The van der Waals surface area contributed by atoms with Crippen molar-refractivity contribution in [2.45, 2.75) is 20.3 Å². The maximum atomic E-state index is 12.2. The van der Waals surface area contributed by atoms with E-state index in [4.69, 9.17) is 9.15 Å². The third-order valence-corrected chi connectivity index (χ3v) is 3.50. The number of carbonyl (C=O) groups excluding carboxylic acids is 1. The van der Waals surface area contributed by atoms with E-state index in [0.717, 1.165) is 0 Å². The molecule has 118 valence electrons. The highest BCUT2D eigenvalue weighted by molar-refractivity contribution is 6.02. The van der Waals surface area contributed by atoms with Gasteiger partial charge in [0.05, 0.1) is 17.7 Å². The zero-order chi connectivity index (χ0) is 16.4. The fraction of sp³-hybridized carbons (Fsp3) is 0.235. The molecule has 23 heavy (non-hydrogen) atoms. The van der Waals surface area contributed by atoms with Crippen molar-refractivity contribution in [2.75, 3.05) is 6.61 Å². The van der Waals surface area contributed by atoms with Gasteiger partial charge in [-0.1, -0.05) is 25.1 Å². The Labute approximate surface area is 132 Å². The van der Waals surface area contributed by atoms with Crippen molar-refractivity contribution in [3.63, 3.8) is 0 Å². The van der Waals surface area contributed by atoms with Crippen LogP contribution in [0.5, 0.6) is 0 Å². The molecule has 0 unspecified atom stereocenters. The Hall–Kier alpha value is -2.89. The number of para-hydroxylation sites is 1. The Kier molecular flexibility index (Phi) is 3.97. The second kappa shape index (κ2) is 6.08. The molecular weight excluding hydrogens is 296 g/mol. The highest BCUT2D eigenvalue weighted by Gasteiger charge is 2.23. The number of hydrogen-bond acceptors (Lipinski definition) is 5. The van der Waals surface area contributed by atoms with Crippen LogP contribution in [0, 0.1) is 0 Å². The minimum absolute atomic E-state index is 0.159. The monoisotopic (exact) mass is 312 g/mol. The van der Waals surface area contributed by atoms with Gasteiger partial charge >= 0.3 is 11.6 Å². The molecule has 0 radical (unpaired) electrons. The van der Waals surface area contributed by atoms with E-state index in [1.165, 1.54) is 10.7 Å². The highest BCUT2D eigenvalue weighted by atomic mass is 16.5. The number of nitrogens with zero attached hydrogens (tertiary/aromatic N) is 2. The van der Waals surface area contributed by atoms with Crippen molar-refractivity contribution in [3.8, 4) is 5.69 Å². The van der Waals surface area contributed by atoms with Crippen LogP contribution < -0.4 is 5.63 Å². The molecule has 0 aliphatic heterocycles. The maximum absolute atomic E-state index is 12.2. The molecule has 0 aliphatic carbocycles. The number of aromatic nitrogens is 2. The average Bonchev–Trinajstić information content (AvgIpc) is 2.94. The molecule has 0 spiro atoms. The van der Waals surface area contributed by atoms with E-state index in [1.807, 2.05) is 37.3 Å². The predicted molar refractivity (Wildman–Crippen MR) is 84.9 cm³/mol. The SMILES string of the molecule is CCOC(=O)c1nn(-c2ccccc2)c2oc(=O)cc(CC)c12. The van der Waals surface area contributed by atoms with E-state index >= 15 is 0 Å². The molecule has 0 aliphatic rings. The minimum Gasteiger partial charge on any atom is -0.461 e. The third kappa shape index (κ3) is 2.63. The summed E-state index contributed by atoms with van der Waals surface area (Å²) in [4.78, 5) is 24.1. The lowest BCUT2D eigenvalue weighted by molar-refractivity contribution is 0.0521. The van der Waals surface area contributed by atoms with Crippen molar-refractivity contribution >= 4 is 17.1 Å². The number of rotatable bonds is 4. The lowest BCUT2D eigenvalue weighted by Gasteiger charge is -2.02. The van der Waals surface area contributed by atoms with E-state index in [-0.39, 0.29) is 18.0 Å². The second-order valence-electron chi connectivity index (χ2n) is 4.94. The number of ether oxygens (including phenoxy) is 1. The Morgan fingerprint density at radius 1 is 1.26 bits per heavy atom. The van der Waals surface area contributed by atoms with Crippen LogP contribution in [0.25, 0.3) is 16.8 Å². The van der Waals surface area contributed by atoms with Gasteiger partial charge in [0.1, 0.15) is 0 Å². The van der Waals surface area contributed by atoms with Crippen molar-refractivity contribution in [1.29, 1.82) is 0 Å². The lowest BCUT2D eigenvalue weighted by atomic mass is 10.1. The van der Waals surface area contributed by atoms with Crippen molar-refractivity contribution < 1.29 is 13.9 Å². The fourth-order valence-electron chi connectivity index (χ4n) is 2.49. The first-order valence-electron chi connectivity index (χ1n) is 7.44. The molecule has 2 aromatic heterocycles. The predicted octanol–water partition coefficient (Wildman–Crippen LogP) is 2.72. The summed E-state index contributed by atoms with van der Waals surface area (Å²) in [5, 5.41) is 4.86. The number of fused-ring (bicyclic) bond motifs is 1. The summed E-state index contributed by atoms with van der Waals surface area (Å²) < 4.78 is 11.9. The number of hydrogen-bond donors (Lipinski definition) is 0. The summed E-state index contributed by atoms with van der Waals surface area (Å²) in [5.41, 5.74) is 1.35. The van der Waals surface area contributed by atoms with Crippen LogP contribution in [0.15, 0.2) is 45.6 Å². The second-order valence-corrected chi connectivity index (χ2v) is 4.94. The van der Waals surface area contributed by atoms with Crippen LogP contribution in [-0.4, -0.2) is 22.4 Å². The van der Waals surface area contributed by atoms with Crippen LogP contribution in [0.1, 0.15) is 29.9 Å². The molecule has 0 amide bonds. The topological polar surface area (TPSA) is 74.3 Å². The Bertz CT molecular complexity index is 909. The molecule has 6 heteroatoms. The molecule has 1 aromatic carbocycles. The molecule has 0 saturated heterocycles. The molecular formula is C17H16N2O4. The quantitative estimate of drug-likeness (QED) is 0.692. The molecule has 0 N–H and O–H groups in total. The molecule has 0 fully saturated rings. The highest BCUT2D eigenvalue weighted by Crippen LogP contribution is 2.25. The van der Waals surface area contributed by atoms with Crippen LogP contribution >= 0.6 is 0 Å². The number of aryl methyl sites for hydroxylation is 1. The molecule has 3 aromatic rings. The smallest absolute Gasteiger partial charge is 0.359 e. The van der Waals surface area contributed by atoms with Gasteiger partial charge in [-0.3, -0.25) is 0 Å². The number of carbonyl (C=O) groups is 1. The average molecular weight is 312 g/mol. The summed E-state index contributed by atoms with van der Waals surface area (Å²) in [5.74, 6) is -0.532. The van der Waals surface area contributed by atoms with E-state index in [1.54, 1.807) is 6.92 Å². The van der Waals surface area contributed by atoms with Gasteiger partial charge in [-0.15, -0.1) is 0 Å². The summed E-state index contributed by atoms with van der Waals surface area (Å²) in [6.45, 7) is 3.88. The van der Waals surface area contributed by atoms with Crippen LogP contribution in [0.2, 0.25) is 0 Å². The lowest BCUT2D eigenvalue weighted by Crippen LogP contribution is -2.07. The number of esters is 1. The van der Waals surface area contributed by atoms with Gasteiger partial charge in [0, 0.05) is 6.07 Å². The van der Waals surface area contributed by atoms with Gasteiger partial charge in [0.25, 0.3) is 0 Å². The van der Waals surface area contributed by atoms with Crippen molar-refractivity contribution in [1.82, 2.24) is 9.78 Å². The summed E-state index contributed by atoms with van der Waals surface area (Å²) in [7, 11) is 0. The van der Waals surface area contributed by atoms with Crippen molar-refractivity contribution in [3.05, 3.63) is 58.1 Å². The molecule has 3 rings (SSSR count).